The van der Waals surface area contributed by atoms with Crippen molar-refractivity contribution in [2.24, 2.45) is 5.73 Å². The second-order valence-corrected chi connectivity index (χ2v) is 8.77. The zero-order valence-electron chi connectivity index (χ0n) is 21.2. The second-order valence-electron chi connectivity index (χ2n) is 8.77. The molecule has 3 aromatic rings. The third-order valence-electron chi connectivity index (χ3n) is 6.29. The summed E-state index contributed by atoms with van der Waals surface area (Å²) < 4.78 is 5.14. The van der Waals surface area contributed by atoms with E-state index in [4.69, 9.17) is 10.5 Å². The molecule has 12 nitrogen and oxygen atoms in total. The van der Waals surface area contributed by atoms with Crippen LogP contribution in [0.25, 0.3) is 0 Å². The highest BCUT2D eigenvalue weighted by atomic mass is 16.6. The van der Waals surface area contributed by atoms with Gasteiger partial charge < -0.3 is 26.0 Å². The summed E-state index contributed by atoms with van der Waals surface area (Å²) in [6.07, 6.45) is -1.25. The quantitative estimate of drug-likeness (QED) is 0.297. The summed E-state index contributed by atoms with van der Waals surface area (Å²) in [5.41, 5.74) is 7.90. The minimum atomic E-state index is -1.25. The van der Waals surface area contributed by atoms with Crippen molar-refractivity contribution < 1.29 is 24.0 Å². The Hall–Kier alpha value is -4.97. The lowest BCUT2D eigenvalue weighted by molar-refractivity contribution is -0.384. The average Bonchev–Trinajstić information content (AvgIpc) is 3.41. The number of hydrogen-bond donors (Lipinski definition) is 3. The van der Waals surface area contributed by atoms with E-state index in [0.717, 1.165) is 11.1 Å². The minimum absolute atomic E-state index is 0.0899. The number of urea groups is 1. The summed E-state index contributed by atoms with van der Waals surface area (Å²) in [5, 5.41) is 16.6. The fraction of sp³-hybridized carbons (Fsp3) is 0.222. The average molecular weight is 533 g/mol. The number of nitro groups is 1. The van der Waals surface area contributed by atoms with Crippen LogP contribution in [0.2, 0.25) is 0 Å². The molecule has 0 radical (unpaired) electrons. The largest absolute Gasteiger partial charge is 0.497 e. The Kier molecular flexibility index (Phi) is 8.37. The lowest BCUT2D eigenvalue weighted by Crippen LogP contribution is -2.54. The van der Waals surface area contributed by atoms with Gasteiger partial charge >= 0.3 is 6.03 Å². The molecular weight excluding hydrogens is 504 g/mol. The highest BCUT2D eigenvalue weighted by Gasteiger charge is 2.43. The molecule has 0 bridgehead atoms. The molecule has 4 rings (SSSR count). The van der Waals surface area contributed by atoms with Gasteiger partial charge in [0.25, 0.3) is 17.5 Å². The number of carbonyl (C=O) groups is 3. The molecule has 1 fully saturated rings. The number of rotatable bonds is 8. The number of carbonyl (C=O) groups excluding carboxylic acids is 3. The SMILES string of the molecule is COc1ccc(NC(=O)N2CCN(C(=O)c3ccc([N+](=O)[O-])cc3)C2C(=O)NCc2cccc(CN)c2)cc1. The van der Waals surface area contributed by atoms with Gasteiger partial charge in [0.05, 0.1) is 12.0 Å². The molecule has 12 heteroatoms. The van der Waals surface area contributed by atoms with Crippen LogP contribution in [0.15, 0.2) is 72.8 Å². The van der Waals surface area contributed by atoms with Crippen LogP contribution in [-0.4, -0.2) is 58.9 Å². The highest BCUT2D eigenvalue weighted by Crippen LogP contribution is 2.22. The fourth-order valence-electron chi connectivity index (χ4n) is 4.24. The Morgan fingerprint density at radius 1 is 1.00 bits per heavy atom. The van der Waals surface area contributed by atoms with Crippen molar-refractivity contribution >= 4 is 29.2 Å². The van der Waals surface area contributed by atoms with Crippen molar-refractivity contribution in [1.29, 1.82) is 0 Å². The number of nitrogens with zero attached hydrogens (tertiary/aromatic N) is 3. The molecule has 4 amide bonds. The van der Waals surface area contributed by atoms with Gasteiger partial charge in [0.2, 0.25) is 0 Å². The molecular formula is C27H28N6O6. The predicted molar refractivity (Wildman–Crippen MR) is 143 cm³/mol. The van der Waals surface area contributed by atoms with Crippen LogP contribution in [0.5, 0.6) is 5.75 Å². The van der Waals surface area contributed by atoms with E-state index in [1.807, 2.05) is 24.3 Å². The molecule has 1 aliphatic rings. The summed E-state index contributed by atoms with van der Waals surface area (Å²) in [6, 6.07) is 18.6. The molecule has 1 heterocycles. The molecule has 1 unspecified atom stereocenters. The Bertz CT molecular complexity index is 1360. The van der Waals surface area contributed by atoms with Crippen molar-refractivity contribution in [2.45, 2.75) is 19.3 Å². The van der Waals surface area contributed by atoms with Crippen LogP contribution in [0, 0.1) is 10.1 Å². The minimum Gasteiger partial charge on any atom is -0.497 e. The third-order valence-corrected chi connectivity index (χ3v) is 6.29. The number of benzene rings is 3. The van der Waals surface area contributed by atoms with E-state index < -0.39 is 28.9 Å². The van der Waals surface area contributed by atoms with Gasteiger partial charge in [-0.25, -0.2) is 4.79 Å². The monoisotopic (exact) mass is 532 g/mol. The number of non-ortho nitro benzene ring substituents is 1. The summed E-state index contributed by atoms with van der Waals surface area (Å²) in [7, 11) is 1.53. The predicted octanol–water partition coefficient (Wildman–Crippen LogP) is 2.69. The third kappa shape index (κ3) is 6.30. The fourth-order valence-corrected chi connectivity index (χ4v) is 4.24. The van der Waals surface area contributed by atoms with Crippen LogP contribution in [0.4, 0.5) is 16.2 Å². The van der Waals surface area contributed by atoms with Gasteiger partial charge in [-0.3, -0.25) is 24.6 Å². The number of anilines is 1. The van der Waals surface area contributed by atoms with Crippen LogP contribution in [0.1, 0.15) is 21.5 Å². The summed E-state index contributed by atoms with van der Waals surface area (Å²) in [6.45, 7) is 0.700. The first kappa shape index (κ1) is 27.1. The van der Waals surface area contributed by atoms with Gasteiger partial charge in [0.15, 0.2) is 6.17 Å². The van der Waals surface area contributed by atoms with Crippen LogP contribution in [0.3, 0.4) is 0 Å². The molecule has 0 saturated carbocycles. The van der Waals surface area contributed by atoms with Crippen LogP contribution < -0.4 is 21.1 Å². The number of nitrogens with one attached hydrogen (secondary N) is 2. The first-order valence-electron chi connectivity index (χ1n) is 12.1. The van der Waals surface area contributed by atoms with E-state index >= 15 is 0 Å². The maximum Gasteiger partial charge on any atom is 0.323 e. The molecule has 0 aliphatic carbocycles. The molecule has 3 aromatic carbocycles. The van der Waals surface area contributed by atoms with E-state index in [1.54, 1.807) is 24.3 Å². The summed E-state index contributed by atoms with van der Waals surface area (Å²) in [4.78, 5) is 53.1. The van der Waals surface area contributed by atoms with Gasteiger partial charge in [-0.2, -0.15) is 0 Å². The maximum atomic E-state index is 13.5. The van der Waals surface area contributed by atoms with Gasteiger partial charge in [-0.05, 0) is 47.5 Å². The van der Waals surface area contributed by atoms with Crippen LogP contribution in [-0.2, 0) is 17.9 Å². The molecule has 1 aliphatic heterocycles. The summed E-state index contributed by atoms with van der Waals surface area (Å²) >= 11 is 0. The number of ether oxygens (including phenoxy) is 1. The number of amides is 4. The van der Waals surface area contributed by atoms with Crippen molar-refractivity contribution in [3.8, 4) is 5.75 Å². The molecule has 1 atom stereocenters. The molecule has 0 aromatic heterocycles. The van der Waals surface area contributed by atoms with Gasteiger partial charge in [0, 0.05) is 49.6 Å². The van der Waals surface area contributed by atoms with Gasteiger partial charge in [0.1, 0.15) is 5.75 Å². The first-order chi connectivity index (χ1) is 18.8. The first-order valence-corrected chi connectivity index (χ1v) is 12.1. The second kappa shape index (κ2) is 12.0. The smallest absolute Gasteiger partial charge is 0.323 e. The summed E-state index contributed by atoms with van der Waals surface area (Å²) in [5.74, 6) is -0.467. The van der Waals surface area contributed by atoms with Gasteiger partial charge in [-0.1, -0.05) is 24.3 Å². The molecule has 1 saturated heterocycles. The van der Waals surface area contributed by atoms with E-state index in [9.17, 15) is 24.5 Å². The Balaban J connectivity index is 1.56. The van der Waals surface area contributed by atoms with E-state index in [2.05, 4.69) is 10.6 Å². The topological polar surface area (TPSA) is 160 Å². The highest BCUT2D eigenvalue weighted by molar-refractivity contribution is 6.00. The van der Waals surface area contributed by atoms with Crippen molar-refractivity contribution in [1.82, 2.24) is 15.1 Å². The standard InChI is InChI=1S/C27H28N6O6/c1-39-23-11-7-21(8-12-23)30-27(36)32-14-13-31(26(35)20-5-9-22(10-6-20)33(37)38)25(32)24(34)29-17-19-4-2-3-18(15-19)16-28/h2-12,15,25H,13-14,16-17,28H2,1H3,(H,29,34)(H,30,36). The number of methoxy groups -OCH3 is 1. The van der Waals surface area contributed by atoms with Crippen molar-refractivity contribution in [3.63, 3.8) is 0 Å². The molecule has 0 spiro atoms. The molecule has 39 heavy (non-hydrogen) atoms. The molecule has 4 N–H and O–H groups in total. The van der Waals surface area contributed by atoms with Crippen molar-refractivity contribution in [3.05, 3.63) is 99.6 Å². The van der Waals surface area contributed by atoms with Gasteiger partial charge in [-0.15, -0.1) is 0 Å². The lowest BCUT2D eigenvalue weighted by atomic mass is 10.1. The zero-order chi connectivity index (χ0) is 27.9. The zero-order valence-corrected chi connectivity index (χ0v) is 21.2. The van der Waals surface area contributed by atoms with Crippen LogP contribution >= 0.6 is 0 Å². The maximum absolute atomic E-state index is 13.5. The number of nitrogens with two attached hydrogens (primary N) is 1. The van der Waals surface area contributed by atoms with E-state index in [1.165, 1.54) is 41.2 Å². The lowest BCUT2D eigenvalue weighted by Gasteiger charge is -2.29. The molecule has 202 valence electrons. The Labute approximate surface area is 224 Å². The Morgan fingerprint density at radius 2 is 1.67 bits per heavy atom. The van der Waals surface area contributed by atoms with E-state index in [-0.39, 0.29) is 30.9 Å². The number of hydrogen-bond acceptors (Lipinski definition) is 7. The normalized spacial score (nSPS) is 14.6. The van der Waals surface area contributed by atoms with Crippen molar-refractivity contribution in [2.75, 3.05) is 25.5 Å². The van der Waals surface area contributed by atoms with E-state index in [0.29, 0.717) is 18.0 Å². The Morgan fingerprint density at radius 3 is 2.31 bits per heavy atom. The number of nitro benzene ring substituents is 1.